The SMILES string of the molecule is CCc1cc(C(=O)O)cc2ccc(=O)n(CC(=O)NC)c12. The van der Waals surface area contributed by atoms with Crippen LogP contribution in [0.4, 0.5) is 0 Å². The number of rotatable bonds is 4. The molecule has 1 aromatic heterocycles. The van der Waals surface area contributed by atoms with Gasteiger partial charge in [0.2, 0.25) is 5.91 Å². The molecular weight excluding hydrogens is 272 g/mol. The van der Waals surface area contributed by atoms with Crippen LogP contribution in [0, 0.1) is 0 Å². The Kier molecular flexibility index (Phi) is 4.07. The minimum atomic E-state index is -1.02. The van der Waals surface area contributed by atoms with Gasteiger partial charge in [-0.3, -0.25) is 14.2 Å². The molecule has 21 heavy (non-hydrogen) atoms. The van der Waals surface area contributed by atoms with Crippen LogP contribution in [-0.4, -0.2) is 28.6 Å². The second kappa shape index (κ2) is 5.78. The molecule has 6 nitrogen and oxygen atoms in total. The molecule has 1 amide bonds. The molecule has 0 bridgehead atoms. The van der Waals surface area contributed by atoms with Gasteiger partial charge in [-0.1, -0.05) is 6.92 Å². The molecule has 1 heterocycles. The summed E-state index contributed by atoms with van der Waals surface area (Å²) in [7, 11) is 1.50. The molecule has 2 aromatic rings. The van der Waals surface area contributed by atoms with Gasteiger partial charge in [0.25, 0.3) is 5.56 Å². The van der Waals surface area contributed by atoms with Gasteiger partial charge in [0.15, 0.2) is 0 Å². The van der Waals surface area contributed by atoms with E-state index in [9.17, 15) is 14.4 Å². The van der Waals surface area contributed by atoms with Crippen LogP contribution in [0.3, 0.4) is 0 Å². The van der Waals surface area contributed by atoms with Gasteiger partial charge < -0.3 is 10.4 Å². The summed E-state index contributed by atoms with van der Waals surface area (Å²) in [5, 5.41) is 12.3. The zero-order valence-electron chi connectivity index (χ0n) is 11.8. The number of benzene rings is 1. The highest BCUT2D eigenvalue weighted by atomic mass is 16.4. The number of aromatic carboxylic acids is 1. The molecule has 0 aliphatic rings. The van der Waals surface area contributed by atoms with Gasteiger partial charge in [-0.2, -0.15) is 0 Å². The number of carbonyl (C=O) groups is 2. The summed E-state index contributed by atoms with van der Waals surface area (Å²) in [4.78, 5) is 34.8. The molecule has 0 unspecified atom stereocenters. The van der Waals surface area contributed by atoms with Crippen LogP contribution in [0.25, 0.3) is 10.9 Å². The summed E-state index contributed by atoms with van der Waals surface area (Å²) >= 11 is 0. The Morgan fingerprint density at radius 1 is 1.29 bits per heavy atom. The highest BCUT2D eigenvalue weighted by Gasteiger charge is 2.13. The maximum atomic E-state index is 12.0. The van der Waals surface area contributed by atoms with Crippen molar-refractivity contribution in [1.82, 2.24) is 9.88 Å². The van der Waals surface area contributed by atoms with Crippen LogP contribution >= 0.6 is 0 Å². The summed E-state index contributed by atoms with van der Waals surface area (Å²) in [5.41, 5.74) is 1.22. The van der Waals surface area contributed by atoms with Gasteiger partial charge in [0.1, 0.15) is 6.54 Å². The lowest BCUT2D eigenvalue weighted by Gasteiger charge is -2.13. The molecule has 6 heteroatoms. The first kappa shape index (κ1) is 14.8. The summed E-state index contributed by atoms with van der Waals surface area (Å²) in [6.07, 6.45) is 0.564. The Hall–Kier alpha value is -2.63. The molecule has 110 valence electrons. The fourth-order valence-corrected chi connectivity index (χ4v) is 2.31. The minimum absolute atomic E-state index is 0.0912. The number of carbonyl (C=O) groups excluding carboxylic acids is 1. The Morgan fingerprint density at radius 2 is 2.00 bits per heavy atom. The van der Waals surface area contributed by atoms with Crippen molar-refractivity contribution in [3.8, 4) is 0 Å². The fourth-order valence-electron chi connectivity index (χ4n) is 2.31. The fraction of sp³-hybridized carbons (Fsp3) is 0.267. The zero-order valence-corrected chi connectivity index (χ0v) is 11.8. The number of pyridine rings is 1. The number of carboxylic acid groups (broad SMARTS) is 1. The Labute approximate surface area is 121 Å². The lowest BCUT2D eigenvalue weighted by molar-refractivity contribution is -0.121. The third kappa shape index (κ3) is 2.79. The first-order chi connectivity index (χ1) is 9.97. The molecule has 0 radical (unpaired) electrons. The van der Waals surface area contributed by atoms with E-state index in [1.165, 1.54) is 23.7 Å². The molecular formula is C15H16N2O4. The van der Waals surface area contributed by atoms with Gasteiger partial charge in [-0.15, -0.1) is 0 Å². The smallest absolute Gasteiger partial charge is 0.335 e. The van der Waals surface area contributed by atoms with Crippen molar-refractivity contribution in [2.24, 2.45) is 0 Å². The van der Waals surface area contributed by atoms with E-state index in [2.05, 4.69) is 5.32 Å². The van der Waals surface area contributed by atoms with E-state index in [4.69, 9.17) is 5.11 Å². The van der Waals surface area contributed by atoms with Crippen molar-refractivity contribution in [1.29, 1.82) is 0 Å². The largest absolute Gasteiger partial charge is 0.478 e. The molecule has 0 aliphatic carbocycles. The Morgan fingerprint density at radius 3 is 2.57 bits per heavy atom. The lowest BCUT2D eigenvalue weighted by atomic mass is 10.0. The topological polar surface area (TPSA) is 88.4 Å². The number of fused-ring (bicyclic) bond motifs is 1. The molecule has 2 rings (SSSR count). The highest BCUT2D eigenvalue weighted by molar-refractivity contribution is 5.95. The van der Waals surface area contributed by atoms with Crippen molar-refractivity contribution in [3.63, 3.8) is 0 Å². The number of aryl methyl sites for hydroxylation is 1. The van der Waals surface area contributed by atoms with Crippen LogP contribution in [0.5, 0.6) is 0 Å². The predicted octanol–water partition coefficient (Wildman–Crippen LogP) is 1.01. The summed E-state index contributed by atoms with van der Waals surface area (Å²) in [6.45, 7) is 1.79. The van der Waals surface area contributed by atoms with Crippen LogP contribution in [-0.2, 0) is 17.8 Å². The first-order valence-electron chi connectivity index (χ1n) is 6.58. The number of likely N-dealkylation sites (N-methyl/N-ethyl adjacent to an activating group) is 1. The van der Waals surface area contributed by atoms with E-state index >= 15 is 0 Å². The van der Waals surface area contributed by atoms with E-state index < -0.39 is 5.97 Å². The summed E-state index contributed by atoms with van der Waals surface area (Å²) in [5.74, 6) is -1.30. The molecule has 2 N–H and O–H groups in total. The van der Waals surface area contributed by atoms with E-state index in [1.54, 1.807) is 12.1 Å². The number of carboxylic acids is 1. The van der Waals surface area contributed by atoms with Crippen molar-refractivity contribution in [2.75, 3.05) is 7.05 Å². The third-order valence-corrected chi connectivity index (χ3v) is 3.37. The molecule has 0 spiro atoms. The molecule has 0 atom stereocenters. The van der Waals surface area contributed by atoms with E-state index in [0.29, 0.717) is 17.3 Å². The van der Waals surface area contributed by atoms with Crippen molar-refractivity contribution < 1.29 is 14.7 Å². The standard InChI is InChI=1S/C15H16N2O4/c1-3-9-6-11(15(20)21)7-10-4-5-13(19)17(14(9)10)8-12(18)16-2/h4-7H,3,8H2,1-2H3,(H,16,18)(H,20,21). The lowest BCUT2D eigenvalue weighted by Crippen LogP contribution is -2.30. The van der Waals surface area contributed by atoms with Gasteiger partial charge in [0, 0.05) is 13.1 Å². The molecule has 0 aliphatic heterocycles. The molecule has 0 saturated heterocycles. The van der Waals surface area contributed by atoms with E-state index in [-0.39, 0.29) is 23.6 Å². The van der Waals surface area contributed by atoms with Crippen molar-refractivity contribution in [2.45, 2.75) is 19.9 Å². The number of hydrogen-bond acceptors (Lipinski definition) is 3. The van der Waals surface area contributed by atoms with Crippen LogP contribution in [0.2, 0.25) is 0 Å². The van der Waals surface area contributed by atoms with Crippen molar-refractivity contribution in [3.05, 3.63) is 45.7 Å². The maximum absolute atomic E-state index is 12.0. The second-order valence-electron chi connectivity index (χ2n) is 4.66. The van der Waals surface area contributed by atoms with E-state index in [0.717, 1.165) is 5.56 Å². The van der Waals surface area contributed by atoms with Gasteiger partial charge in [-0.05, 0) is 35.6 Å². The minimum Gasteiger partial charge on any atom is -0.478 e. The number of nitrogens with zero attached hydrogens (tertiary/aromatic N) is 1. The monoisotopic (exact) mass is 288 g/mol. The van der Waals surface area contributed by atoms with Crippen LogP contribution < -0.4 is 10.9 Å². The zero-order chi connectivity index (χ0) is 15.6. The van der Waals surface area contributed by atoms with Crippen LogP contribution in [0.15, 0.2) is 29.1 Å². The average Bonchev–Trinajstić information content (AvgIpc) is 2.48. The van der Waals surface area contributed by atoms with Crippen molar-refractivity contribution >= 4 is 22.8 Å². The summed E-state index contributed by atoms with van der Waals surface area (Å²) in [6, 6.07) is 5.99. The molecule has 0 fully saturated rings. The Bertz CT molecular complexity index is 777. The molecule has 1 aromatic carbocycles. The predicted molar refractivity (Wildman–Crippen MR) is 78.6 cm³/mol. The number of aromatic nitrogens is 1. The van der Waals surface area contributed by atoms with Crippen LogP contribution in [0.1, 0.15) is 22.8 Å². The molecule has 0 saturated carbocycles. The normalized spacial score (nSPS) is 10.6. The number of hydrogen-bond donors (Lipinski definition) is 2. The highest BCUT2D eigenvalue weighted by Crippen LogP contribution is 2.21. The van der Waals surface area contributed by atoms with E-state index in [1.807, 2.05) is 6.92 Å². The van der Waals surface area contributed by atoms with Gasteiger partial charge in [-0.25, -0.2) is 4.79 Å². The quantitative estimate of drug-likeness (QED) is 0.878. The number of amides is 1. The maximum Gasteiger partial charge on any atom is 0.335 e. The van der Waals surface area contributed by atoms with Gasteiger partial charge in [0.05, 0.1) is 11.1 Å². The second-order valence-corrected chi connectivity index (χ2v) is 4.66. The summed E-state index contributed by atoms with van der Waals surface area (Å²) < 4.78 is 1.37. The first-order valence-corrected chi connectivity index (χ1v) is 6.58. The number of nitrogens with one attached hydrogen (secondary N) is 1. The average molecular weight is 288 g/mol. The van der Waals surface area contributed by atoms with Gasteiger partial charge >= 0.3 is 5.97 Å². The Balaban J connectivity index is 2.79. The third-order valence-electron chi connectivity index (χ3n) is 3.37.